The molecule has 0 saturated heterocycles. The molecule has 2 rings (SSSR count). The lowest BCUT2D eigenvalue weighted by Gasteiger charge is -2.32. The molecule has 5 nitrogen and oxygen atoms in total. The van der Waals surface area contributed by atoms with Crippen molar-refractivity contribution < 1.29 is 14.7 Å². The van der Waals surface area contributed by atoms with Gasteiger partial charge in [-0.05, 0) is 42.9 Å². The number of carbonyl (C=O) groups excluding carboxylic acids is 1. The molecule has 5 heteroatoms. The fourth-order valence-electron chi connectivity index (χ4n) is 3.68. The number of allylic oxidation sites excluding steroid dienone is 2. The molecule has 2 saturated carbocycles. The second kappa shape index (κ2) is 6.41. The van der Waals surface area contributed by atoms with Crippen LogP contribution < -0.4 is 11.1 Å². The third-order valence-electron chi connectivity index (χ3n) is 5.03. The van der Waals surface area contributed by atoms with Gasteiger partial charge in [-0.3, -0.25) is 9.59 Å². The van der Waals surface area contributed by atoms with Crippen LogP contribution in [-0.4, -0.2) is 23.0 Å². The van der Waals surface area contributed by atoms with E-state index in [9.17, 15) is 9.59 Å². The standard InChI is InChI=1S/C17H28N2O3/c1-10-6-7-17(2,3)15(10)13(8-11-4-5-11)19-16(22)12(18)9-14(20)21/h8,10-12,15H,4-7,9,18H2,1-3H3,(H,19,22)(H,20,21)/t10?,12-,15?/m0/s1. The van der Waals surface area contributed by atoms with Gasteiger partial charge in [0.15, 0.2) is 0 Å². The van der Waals surface area contributed by atoms with E-state index in [-0.39, 0.29) is 17.7 Å². The van der Waals surface area contributed by atoms with E-state index in [0.717, 1.165) is 18.5 Å². The normalized spacial score (nSPS) is 29.2. The third kappa shape index (κ3) is 4.09. The van der Waals surface area contributed by atoms with Crippen LogP contribution in [0.1, 0.15) is 52.9 Å². The van der Waals surface area contributed by atoms with Crippen LogP contribution in [0, 0.1) is 23.2 Å². The molecule has 0 radical (unpaired) electrons. The van der Waals surface area contributed by atoms with E-state index in [2.05, 4.69) is 32.2 Å². The fraction of sp³-hybridized carbons (Fsp3) is 0.765. The SMILES string of the molecule is CC1CCC(C)(C)C1C(=CC1CC1)NC(=O)[C@@H](N)CC(=O)O. The van der Waals surface area contributed by atoms with Crippen LogP contribution in [0.25, 0.3) is 0 Å². The van der Waals surface area contributed by atoms with Crippen molar-refractivity contribution in [3.8, 4) is 0 Å². The maximum absolute atomic E-state index is 12.2. The molecule has 3 atom stereocenters. The molecule has 2 aliphatic carbocycles. The highest BCUT2D eigenvalue weighted by Crippen LogP contribution is 2.50. The Kier molecular flexibility index (Phi) is 4.95. The highest BCUT2D eigenvalue weighted by molar-refractivity contribution is 5.87. The largest absolute Gasteiger partial charge is 0.481 e. The van der Waals surface area contributed by atoms with E-state index < -0.39 is 12.0 Å². The average molecular weight is 308 g/mol. The molecule has 0 aromatic carbocycles. The van der Waals surface area contributed by atoms with Crippen molar-refractivity contribution >= 4 is 11.9 Å². The number of carboxylic acids is 1. The lowest BCUT2D eigenvalue weighted by molar-refractivity contribution is -0.139. The van der Waals surface area contributed by atoms with Crippen molar-refractivity contribution in [2.24, 2.45) is 28.9 Å². The molecular weight excluding hydrogens is 280 g/mol. The predicted molar refractivity (Wildman–Crippen MR) is 84.8 cm³/mol. The van der Waals surface area contributed by atoms with E-state index in [1.807, 2.05) is 0 Å². The van der Waals surface area contributed by atoms with Gasteiger partial charge in [-0.25, -0.2) is 0 Å². The first kappa shape index (κ1) is 17.0. The van der Waals surface area contributed by atoms with Crippen LogP contribution in [0.15, 0.2) is 11.8 Å². The number of rotatable bonds is 6. The first-order valence-electron chi connectivity index (χ1n) is 8.20. The van der Waals surface area contributed by atoms with Gasteiger partial charge in [-0.1, -0.05) is 26.8 Å². The Hall–Kier alpha value is -1.36. The predicted octanol–water partition coefficient (Wildman–Crippen LogP) is 2.27. The first-order chi connectivity index (χ1) is 10.2. The van der Waals surface area contributed by atoms with Crippen molar-refractivity contribution in [3.63, 3.8) is 0 Å². The summed E-state index contributed by atoms with van der Waals surface area (Å²) in [5.74, 6) is -0.0752. The minimum Gasteiger partial charge on any atom is -0.481 e. The molecule has 2 fully saturated rings. The van der Waals surface area contributed by atoms with E-state index in [1.54, 1.807) is 0 Å². The molecule has 0 aromatic rings. The summed E-state index contributed by atoms with van der Waals surface area (Å²) < 4.78 is 0. The Morgan fingerprint density at radius 1 is 1.36 bits per heavy atom. The minimum atomic E-state index is -1.05. The van der Waals surface area contributed by atoms with Gasteiger partial charge in [0.1, 0.15) is 0 Å². The molecular formula is C17H28N2O3. The minimum absolute atomic E-state index is 0.143. The highest BCUT2D eigenvalue weighted by Gasteiger charge is 2.43. The molecule has 0 aliphatic heterocycles. The van der Waals surface area contributed by atoms with E-state index >= 15 is 0 Å². The van der Waals surface area contributed by atoms with Gasteiger partial charge in [-0.15, -0.1) is 0 Å². The Balaban J connectivity index is 2.14. The maximum Gasteiger partial charge on any atom is 0.305 e. The summed E-state index contributed by atoms with van der Waals surface area (Å²) in [7, 11) is 0. The van der Waals surface area contributed by atoms with Gasteiger partial charge < -0.3 is 16.2 Å². The Morgan fingerprint density at radius 2 is 2.00 bits per heavy atom. The number of carboxylic acid groups (broad SMARTS) is 1. The lowest BCUT2D eigenvalue weighted by Crippen LogP contribution is -2.44. The first-order valence-corrected chi connectivity index (χ1v) is 8.20. The molecule has 124 valence electrons. The number of hydrogen-bond acceptors (Lipinski definition) is 3. The summed E-state index contributed by atoms with van der Waals surface area (Å²) in [5, 5.41) is 11.7. The average Bonchev–Trinajstić information content (AvgIpc) is 3.14. The zero-order valence-corrected chi connectivity index (χ0v) is 13.8. The molecule has 0 spiro atoms. The quantitative estimate of drug-likeness (QED) is 0.702. The molecule has 2 unspecified atom stereocenters. The molecule has 1 amide bonds. The summed E-state index contributed by atoms with van der Waals surface area (Å²) in [6.45, 7) is 6.71. The van der Waals surface area contributed by atoms with Gasteiger partial charge >= 0.3 is 5.97 Å². The Morgan fingerprint density at radius 3 is 2.45 bits per heavy atom. The second-order valence-electron chi connectivity index (χ2n) is 7.64. The highest BCUT2D eigenvalue weighted by atomic mass is 16.4. The lowest BCUT2D eigenvalue weighted by atomic mass is 9.76. The van der Waals surface area contributed by atoms with Crippen LogP contribution in [-0.2, 0) is 9.59 Å². The van der Waals surface area contributed by atoms with Crippen molar-refractivity contribution in [2.45, 2.75) is 58.9 Å². The summed E-state index contributed by atoms with van der Waals surface area (Å²) in [6.07, 6.45) is 6.46. The van der Waals surface area contributed by atoms with Crippen LogP contribution in [0.4, 0.5) is 0 Å². The molecule has 4 N–H and O–H groups in total. The Labute approximate surface area is 132 Å². The van der Waals surface area contributed by atoms with Crippen molar-refractivity contribution in [1.29, 1.82) is 0 Å². The van der Waals surface area contributed by atoms with Crippen molar-refractivity contribution in [1.82, 2.24) is 5.32 Å². The summed E-state index contributed by atoms with van der Waals surface area (Å²) in [6, 6.07) is -1.00. The van der Waals surface area contributed by atoms with Gasteiger partial charge in [0, 0.05) is 11.6 Å². The number of carbonyl (C=O) groups is 2. The number of amides is 1. The van der Waals surface area contributed by atoms with Crippen molar-refractivity contribution in [3.05, 3.63) is 11.8 Å². The van der Waals surface area contributed by atoms with Gasteiger partial charge in [0.2, 0.25) is 5.91 Å². The van der Waals surface area contributed by atoms with Crippen LogP contribution >= 0.6 is 0 Å². The summed E-state index contributed by atoms with van der Waals surface area (Å²) in [4.78, 5) is 22.9. The van der Waals surface area contributed by atoms with Crippen LogP contribution in [0.2, 0.25) is 0 Å². The van der Waals surface area contributed by atoms with Gasteiger partial charge in [-0.2, -0.15) is 0 Å². The fourth-order valence-corrected chi connectivity index (χ4v) is 3.68. The van der Waals surface area contributed by atoms with E-state index in [4.69, 9.17) is 10.8 Å². The summed E-state index contributed by atoms with van der Waals surface area (Å²) in [5.41, 5.74) is 6.80. The molecule has 0 bridgehead atoms. The van der Waals surface area contributed by atoms with Crippen molar-refractivity contribution in [2.75, 3.05) is 0 Å². The van der Waals surface area contributed by atoms with Crippen LogP contribution in [0.5, 0.6) is 0 Å². The van der Waals surface area contributed by atoms with Gasteiger partial charge in [0.25, 0.3) is 0 Å². The number of hydrogen-bond donors (Lipinski definition) is 3. The molecule has 2 aliphatic rings. The van der Waals surface area contributed by atoms with E-state index in [1.165, 1.54) is 12.8 Å². The monoisotopic (exact) mass is 308 g/mol. The Bertz CT molecular complexity index is 480. The molecule has 22 heavy (non-hydrogen) atoms. The van der Waals surface area contributed by atoms with Gasteiger partial charge in [0.05, 0.1) is 12.5 Å². The smallest absolute Gasteiger partial charge is 0.305 e. The molecule has 0 heterocycles. The third-order valence-corrected chi connectivity index (χ3v) is 5.03. The van der Waals surface area contributed by atoms with E-state index in [0.29, 0.717) is 17.8 Å². The number of aliphatic carboxylic acids is 1. The zero-order chi connectivity index (χ0) is 16.5. The van der Waals surface area contributed by atoms with Crippen LogP contribution in [0.3, 0.4) is 0 Å². The number of nitrogens with two attached hydrogens (primary N) is 1. The number of nitrogens with one attached hydrogen (secondary N) is 1. The summed E-state index contributed by atoms with van der Waals surface area (Å²) >= 11 is 0. The zero-order valence-electron chi connectivity index (χ0n) is 13.8. The molecule has 0 aromatic heterocycles. The maximum atomic E-state index is 12.2. The topological polar surface area (TPSA) is 92.4 Å². The second-order valence-corrected chi connectivity index (χ2v) is 7.64.